The van der Waals surface area contributed by atoms with Crippen molar-refractivity contribution in [3.63, 3.8) is 0 Å². The second kappa shape index (κ2) is 9.62. The molecular weight excluding hydrogens is 276 g/mol. The number of aliphatic hydroxyl groups excluding tert-OH is 1. The van der Waals surface area contributed by atoms with Crippen molar-refractivity contribution in [2.75, 3.05) is 0 Å². The van der Waals surface area contributed by atoms with E-state index in [4.69, 9.17) is 4.74 Å². The van der Waals surface area contributed by atoms with Gasteiger partial charge in [-0.25, -0.2) is 0 Å². The fraction of sp³-hybridized carbons (Fsp3) is 0.632. The minimum absolute atomic E-state index is 0.0381. The molecule has 0 aromatic carbocycles. The predicted octanol–water partition coefficient (Wildman–Crippen LogP) is 4.18. The monoisotopic (exact) mass is 306 g/mol. The van der Waals surface area contributed by atoms with Gasteiger partial charge in [-0.05, 0) is 38.7 Å². The van der Waals surface area contributed by atoms with E-state index in [1.807, 2.05) is 26.0 Å². The molecule has 3 nitrogen and oxygen atoms in total. The molecule has 0 fully saturated rings. The van der Waals surface area contributed by atoms with Gasteiger partial charge in [0, 0.05) is 18.3 Å². The van der Waals surface area contributed by atoms with Gasteiger partial charge in [-0.15, -0.1) is 0 Å². The quantitative estimate of drug-likeness (QED) is 0.628. The summed E-state index contributed by atoms with van der Waals surface area (Å²) in [6, 6.07) is 0. The van der Waals surface area contributed by atoms with Crippen molar-refractivity contribution in [1.82, 2.24) is 0 Å². The van der Waals surface area contributed by atoms with Crippen LogP contribution in [0, 0.1) is 11.8 Å². The third-order valence-electron chi connectivity index (χ3n) is 4.14. The van der Waals surface area contributed by atoms with E-state index in [1.54, 1.807) is 6.92 Å². The maximum atomic E-state index is 12.0. The molecule has 0 radical (unpaired) electrons. The van der Waals surface area contributed by atoms with Crippen LogP contribution in [0.15, 0.2) is 36.0 Å². The number of rotatable bonds is 3. The lowest BCUT2D eigenvalue weighted by Crippen LogP contribution is -2.26. The summed E-state index contributed by atoms with van der Waals surface area (Å²) in [7, 11) is 0. The van der Waals surface area contributed by atoms with Crippen molar-refractivity contribution in [3.8, 4) is 0 Å². The van der Waals surface area contributed by atoms with E-state index in [1.165, 1.54) is 0 Å². The number of aliphatic hydroxyl groups is 1. The van der Waals surface area contributed by atoms with Crippen LogP contribution in [0.25, 0.3) is 0 Å². The molecule has 1 unspecified atom stereocenters. The van der Waals surface area contributed by atoms with Crippen LogP contribution in [-0.2, 0) is 9.53 Å². The molecule has 1 rings (SSSR count). The van der Waals surface area contributed by atoms with Gasteiger partial charge >= 0.3 is 5.97 Å². The van der Waals surface area contributed by atoms with Crippen molar-refractivity contribution in [2.24, 2.45) is 11.8 Å². The topological polar surface area (TPSA) is 46.5 Å². The Hall–Kier alpha value is -1.35. The Bertz CT molecular complexity index is 432. The maximum absolute atomic E-state index is 12.0. The highest BCUT2D eigenvalue weighted by Crippen LogP contribution is 2.22. The molecule has 4 atom stereocenters. The van der Waals surface area contributed by atoms with Crippen LogP contribution in [0.2, 0.25) is 0 Å². The Morgan fingerprint density at radius 2 is 2.09 bits per heavy atom. The van der Waals surface area contributed by atoms with Gasteiger partial charge in [0.05, 0.1) is 6.10 Å². The number of hydrogen-bond donors (Lipinski definition) is 1. The van der Waals surface area contributed by atoms with Gasteiger partial charge in [-0.3, -0.25) is 4.79 Å². The third-order valence-corrected chi connectivity index (χ3v) is 4.14. The maximum Gasteiger partial charge on any atom is 0.306 e. The minimum atomic E-state index is -0.411. The molecule has 0 amide bonds. The Balaban J connectivity index is 2.94. The number of carbonyl (C=O) groups excluding carboxylic acids is 1. The van der Waals surface area contributed by atoms with Crippen molar-refractivity contribution in [3.05, 3.63) is 36.0 Å². The first kappa shape index (κ1) is 18.7. The Morgan fingerprint density at radius 1 is 1.36 bits per heavy atom. The summed E-state index contributed by atoms with van der Waals surface area (Å²) in [5, 5.41) is 9.66. The molecule has 0 aromatic rings. The number of ether oxygens (including phenoxy) is 1. The van der Waals surface area contributed by atoms with Crippen LogP contribution >= 0.6 is 0 Å². The lowest BCUT2D eigenvalue weighted by atomic mass is 9.93. The standard InChI is InChI=1S/C19H30O3/c1-14-11-9-7-5-6-8-10-12-18(21)22-19(14)16(3)13-15(2)17(4)20/h5,7,9,11,13-15,17,19-20H,6,8,10,12H2,1-4H3/b7-5+,11-9-,16-13-/t14-,15-,17+,19?/m0/s1. The molecule has 1 heterocycles. The molecule has 0 bridgehead atoms. The molecule has 0 aliphatic carbocycles. The Kier molecular flexibility index (Phi) is 8.18. The predicted molar refractivity (Wildman–Crippen MR) is 90.4 cm³/mol. The second-order valence-corrected chi connectivity index (χ2v) is 6.34. The normalized spacial score (nSPS) is 30.4. The largest absolute Gasteiger partial charge is 0.457 e. The van der Waals surface area contributed by atoms with Crippen LogP contribution in [-0.4, -0.2) is 23.3 Å². The molecule has 1 N–H and O–H groups in total. The Morgan fingerprint density at radius 3 is 2.77 bits per heavy atom. The number of hydrogen-bond acceptors (Lipinski definition) is 3. The van der Waals surface area contributed by atoms with Crippen molar-refractivity contribution in [2.45, 2.75) is 65.6 Å². The molecule has 22 heavy (non-hydrogen) atoms. The van der Waals surface area contributed by atoms with E-state index in [0.29, 0.717) is 6.42 Å². The zero-order valence-corrected chi connectivity index (χ0v) is 14.3. The van der Waals surface area contributed by atoms with Gasteiger partial charge in [0.25, 0.3) is 0 Å². The zero-order chi connectivity index (χ0) is 16.5. The van der Waals surface area contributed by atoms with Gasteiger partial charge in [0.1, 0.15) is 6.10 Å². The van der Waals surface area contributed by atoms with Crippen molar-refractivity contribution >= 4 is 5.97 Å². The second-order valence-electron chi connectivity index (χ2n) is 6.34. The van der Waals surface area contributed by atoms with Crippen LogP contribution in [0.3, 0.4) is 0 Å². The average Bonchev–Trinajstić information content (AvgIpc) is 2.45. The molecule has 0 aromatic heterocycles. The summed E-state index contributed by atoms with van der Waals surface area (Å²) in [5.41, 5.74) is 1.000. The summed E-state index contributed by atoms with van der Waals surface area (Å²) < 4.78 is 5.71. The number of carbonyl (C=O) groups is 1. The van der Waals surface area contributed by atoms with Crippen LogP contribution in [0.5, 0.6) is 0 Å². The van der Waals surface area contributed by atoms with Gasteiger partial charge in [-0.1, -0.05) is 44.2 Å². The third kappa shape index (κ3) is 6.61. The lowest BCUT2D eigenvalue weighted by molar-refractivity contribution is -0.148. The zero-order valence-electron chi connectivity index (χ0n) is 14.3. The average molecular weight is 306 g/mol. The number of cyclic esters (lactones) is 1. The van der Waals surface area contributed by atoms with E-state index in [0.717, 1.165) is 24.8 Å². The molecule has 0 saturated carbocycles. The van der Waals surface area contributed by atoms with Crippen molar-refractivity contribution < 1.29 is 14.6 Å². The summed E-state index contributed by atoms with van der Waals surface area (Å²) in [5.74, 6) is 0.00823. The van der Waals surface area contributed by atoms with E-state index in [2.05, 4.69) is 25.2 Å². The van der Waals surface area contributed by atoms with E-state index in [9.17, 15) is 9.90 Å². The lowest BCUT2D eigenvalue weighted by Gasteiger charge is -2.24. The smallest absolute Gasteiger partial charge is 0.306 e. The van der Waals surface area contributed by atoms with Gasteiger partial charge in [0.2, 0.25) is 0 Å². The summed E-state index contributed by atoms with van der Waals surface area (Å²) in [4.78, 5) is 12.0. The molecule has 0 spiro atoms. The summed E-state index contributed by atoms with van der Waals surface area (Å²) in [6.45, 7) is 7.77. The summed E-state index contributed by atoms with van der Waals surface area (Å²) in [6.07, 6.45) is 13.0. The van der Waals surface area contributed by atoms with Gasteiger partial charge < -0.3 is 9.84 Å². The highest BCUT2D eigenvalue weighted by atomic mass is 16.5. The van der Waals surface area contributed by atoms with Gasteiger partial charge in [-0.2, -0.15) is 0 Å². The fourth-order valence-electron chi connectivity index (χ4n) is 2.51. The molecule has 124 valence electrons. The van der Waals surface area contributed by atoms with Crippen molar-refractivity contribution in [1.29, 1.82) is 0 Å². The van der Waals surface area contributed by atoms with Crippen LogP contribution in [0.1, 0.15) is 53.4 Å². The van der Waals surface area contributed by atoms with Crippen LogP contribution in [0.4, 0.5) is 0 Å². The Labute approximate surface area is 134 Å². The first-order valence-corrected chi connectivity index (χ1v) is 8.31. The fourth-order valence-corrected chi connectivity index (χ4v) is 2.51. The highest BCUT2D eigenvalue weighted by molar-refractivity contribution is 5.69. The van der Waals surface area contributed by atoms with E-state index < -0.39 is 6.10 Å². The van der Waals surface area contributed by atoms with Gasteiger partial charge in [0.15, 0.2) is 0 Å². The first-order valence-electron chi connectivity index (χ1n) is 8.31. The number of esters is 1. The molecule has 0 saturated heterocycles. The molecular formula is C19H30O3. The SMILES string of the molecule is C/C(=C/[C@H](C)[C@@H](C)O)C1OC(=O)CCCC/C=C/C=C\[C@@H]1C. The van der Waals surface area contributed by atoms with Crippen LogP contribution < -0.4 is 0 Å². The van der Waals surface area contributed by atoms with E-state index in [-0.39, 0.29) is 23.9 Å². The highest BCUT2D eigenvalue weighted by Gasteiger charge is 2.22. The molecule has 3 heteroatoms. The van der Waals surface area contributed by atoms with E-state index >= 15 is 0 Å². The first-order chi connectivity index (χ1) is 10.4. The number of allylic oxidation sites excluding steroid dienone is 3. The minimum Gasteiger partial charge on any atom is -0.457 e. The summed E-state index contributed by atoms with van der Waals surface area (Å²) >= 11 is 0. The molecule has 1 aliphatic heterocycles. The molecule has 1 aliphatic rings.